The molecule has 25 heavy (non-hydrogen) atoms. The minimum absolute atomic E-state index is 0.0456. The summed E-state index contributed by atoms with van der Waals surface area (Å²) in [6, 6.07) is 10.5. The van der Waals surface area contributed by atoms with Crippen LogP contribution in [0, 0.1) is 5.92 Å². The number of rotatable bonds is 6. The van der Waals surface area contributed by atoms with Gasteiger partial charge in [-0.05, 0) is 31.7 Å². The highest BCUT2D eigenvalue weighted by molar-refractivity contribution is 7.09. The summed E-state index contributed by atoms with van der Waals surface area (Å²) >= 11 is 1.44. The average Bonchev–Trinajstić information content (AvgIpc) is 3.11. The molecule has 5 nitrogen and oxygen atoms in total. The zero-order valence-electron chi connectivity index (χ0n) is 14.9. The summed E-state index contributed by atoms with van der Waals surface area (Å²) in [4.78, 5) is 19.3. The predicted molar refractivity (Wildman–Crippen MR) is 102 cm³/mol. The lowest BCUT2D eigenvalue weighted by Gasteiger charge is -2.32. The summed E-state index contributed by atoms with van der Waals surface area (Å²) in [5, 5.41) is 4.05. The van der Waals surface area contributed by atoms with Crippen LogP contribution >= 0.6 is 11.5 Å². The molecule has 1 fully saturated rings. The number of amides is 1. The molecule has 1 aromatic carbocycles. The Morgan fingerprint density at radius 2 is 2.20 bits per heavy atom. The van der Waals surface area contributed by atoms with Crippen molar-refractivity contribution in [2.75, 3.05) is 18.0 Å². The SMILES string of the molecule is CC[C@H](C)NC(=O)[C@@H]1CCCN(c2nc(Cc3ccccc3)ns2)C1. The van der Waals surface area contributed by atoms with Crippen LogP contribution in [-0.2, 0) is 11.2 Å². The molecule has 134 valence electrons. The highest BCUT2D eigenvalue weighted by Gasteiger charge is 2.28. The number of nitrogens with one attached hydrogen (secondary N) is 1. The van der Waals surface area contributed by atoms with E-state index in [1.54, 1.807) is 0 Å². The molecule has 0 saturated carbocycles. The molecule has 2 aromatic rings. The Morgan fingerprint density at radius 3 is 2.96 bits per heavy atom. The Kier molecular flexibility index (Phi) is 6.02. The number of carbonyl (C=O) groups is 1. The van der Waals surface area contributed by atoms with Crippen molar-refractivity contribution in [3.63, 3.8) is 0 Å². The van der Waals surface area contributed by atoms with Crippen molar-refractivity contribution in [1.29, 1.82) is 0 Å². The third-order valence-electron chi connectivity index (χ3n) is 4.73. The molecule has 0 spiro atoms. The van der Waals surface area contributed by atoms with Crippen molar-refractivity contribution in [3.05, 3.63) is 41.7 Å². The van der Waals surface area contributed by atoms with Gasteiger partial charge < -0.3 is 10.2 Å². The Morgan fingerprint density at radius 1 is 1.40 bits per heavy atom. The first-order valence-corrected chi connectivity index (χ1v) is 9.85. The third kappa shape index (κ3) is 4.78. The highest BCUT2D eigenvalue weighted by atomic mass is 32.1. The quantitative estimate of drug-likeness (QED) is 0.861. The van der Waals surface area contributed by atoms with Crippen LogP contribution in [0.15, 0.2) is 30.3 Å². The number of nitrogens with zero attached hydrogens (tertiary/aromatic N) is 3. The van der Waals surface area contributed by atoms with Crippen LogP contribution in [0.25, 0.3) is 0 Å². The van der Waals surface area contributed by atoms with E-state index in [1.807, 2.05) is 18.2 Å². The first-order valence-electron chi connectivity index (χ1n) is 9.07. The van der Waals surface area contributed by atoms with E-state index in [0.29, 0.717) is 0 Å². The molecule has 1 aliphatic rings. The van der Waals surface area contributed by atoms with Crippen molar-refractivity contribution in [2.24, 2.45) is 5.92 Å². The molecule has 1 saturated heterocycles. The monoisotopic (exact) mass is 358 g/mol. The van der Waals surface area contributed by atoms with Crippen LogP contribution in [-0.4, -0.2) is 34.4 Å². The number of carbonyl (C=O) groups excluding carboxylic acids is 1. The maximum absolute atomic E-state index is 12.4. The second kappa shape index (κ2) is 8.43. The van der Waals surface area contributed by atoms with Crippen LogP contribution < -0.4 is 10.2 Å². The van der Waals surface area contributed by atoms with Crippen molar-refractivity contribution < 1.29 is 4.79 Å². The van der Waals surface area contributed by atoms with Gasteiger partial charge in [0.2, 0.25) is 11.0 Å². The van der Waals surface area contributed by atoms with E-state index in [2.05, 4.69) is 40.6 Å². The molecule has 3 rings (SSSR count). The summed E-state index contributed by atoms with van der Waals surface area (Å²) in [7, 11) is 0. The molecule has 1 aromatic heterocycles. The van der Waals surface area contributed by atoms with E-state index in [4.69, 9.17) is 4.98 Å². The van der Waals surface area contributed by atoms with Crippen molar-refractivity contribution in [2.45, 2.75) is 45.6 Å². The Labute approximate surface area is 153 Å². The van der Waals surface area contributed by atoms with Gasteiger partial charge >= 0.3 is 0 Å². The van der Waals surface area contributed by atoms with Gasteiger partial charge in [0.15, 0.2) is 0 Å². The van der Waals surface area contributed by atoms with Gasteiger partial charge in [0.25, 0.3) is 0 Å². The van der Waals surface area contributed by atoms with Crippen LogP contribution in [0.2, 0.25) is 0 Å². The van der Waals surface area contributed by atoms with Crippen molar-refractivity contribution >= 4 is 22.6 Å². The van der Waals surface area contributed by atoms with Gasteiger partial charge in [-0.15, -0.1) is 0 Å². The topological polar surface area (TPSA) is 58.1 Å². The fourth-order valence-electron chi connectivity index (χ4n) is 3.05. The normalized spacial score (nSPS) is 18.8. The molecule has 1 aliphatic heterocycles. The minimum atomic E-state index is 0.0456. The molecule has 2 heterocycles. The number of hydrogen-bond donors (Lipinski definition) is 1. The minimum Gasteiger partial charge on any atom is -0.353 e. The molecule has 1 amide bonds. The van der Waals surface area contributed by atoms with E-state index in [-0.39, 0.29) is 17.9 Å². The molecule has 0 unspecified atom stereocenters. The second-order valence-electron chi connectivity index (χ2n) is 6.76. The number of anilines is 1. The molecule has 0 radical (unpaired) electrons. The van der Waals surface area contributed by atoms with Gasteiger partial charge in [-0.2, -0.15) is 4.37 Å². The third-order valence-corrected chi connectivity index (χ3v) is 5.54. The van der Waals surface area contributed by atoms with E-state index in [1.165, 1.54) is 17.1 Å². The molecular weight excluding hydrogens is 332 g/mol. The van der Waals surface area contributed by atoms with Gasteiger partial charge in [-0.3, -0.25) is 4.79 Å². The zero-order valence-corrected chi connectivity index (χ0v) is 15.8. The number of benzene rings is 1. The Bertz CT molecular complexity index is 688. The van der Waals surface area contributed by atoms with Crippen molar-refractivity contribution in [3.8, 4) is 0 Å². The number of aromatic nitrogens is 2. The zero-order chi connectivity index (χ0) is 17.6. The van der Waals surface area contributed by atoms with Crippen LogP contribution in [0.3, 0.4) is 0 Å². The van der Waals surface area contributed by atoms with Gasteiger partial charge in [-0.25, -0.2) is 4.98 Å². The first kappa shape index (κ1) is 17.9. The fraction of sp³-hybridized carbons (Fsp3) is 0.526. The average molecular weight is 359 g/mol. The fourth-order valence-corrected chi connectivity index (χ4v) is 3.77. The maximum Gasteiger partial charge on any atom is 0.225 e. The van der Waals surface area contributed by atoms with Crippen LogP contribution in [0.5, 0.6) is 0 Å². The molecule has 6 heteroatoms. The Balaban J connectivity index is 1.61. The molecule has 2 atom stereocenters. The lowest BCUT2D eigenvalue weighted by molar-refractivity contribution is -0.125. The van der Waals surface area contributed by atoms with Gasteiger partial charge in [0, 0.05) is 37.1 Å². The summed E-state index contributed by atoms with van der Waals surface area (Å²) in [6.45, 7) is 5.84. The molecule has 0 bridgehead atoms. The first-order chi connectivity index (χ1) is 12.2. The number of hydrogen-bond acceptors (Lipinski definition) is 5. The number of piperidine rings is 1. The van der Waals surface area contributed by atoms with Crippen LogP contribution in [0.4, 0.5) is 5.13 Å². The summed E-state index contributed by atoms with van der Waals surface area (Å²) in [6.07, 6.45) is 3.69. The van der Waals surface area contributed by atoms with E-state index >= 15 is 0 Å². The lowest BCUT2D eigenvalue weighted by Crippen LogP contribution is -2.45. The van der Waals surface area contributed by atoms with Crippen molar-refractivity contribution in [1.82, 2.24) is 14.7 Å². The van der Waals surface area contributed by atoms with Gasteiger partial charge in [0.1, 0.15) is 5.82 Å². The van der Waals surface area contributed by atoms with Gasteiger partial charge in [-0.1, -0.05) is 37.3 Å². The van der Waals surface area contributed by atoms with Gasteiger partial charge in [0.05, 0.1) is 5.92 Å². The summed E-state index contributed by atoms with van der Waals surface area (Å²) in [5.41, 5.74) is 1.22. The summed E-state index contributed by atoms with van der Waals surface area (Å²) < 4.78 is 4.51. The van der Waals surface area contributed by atoms with E-state index in [9.17, 15) is 4.79 Å². The van der Waals surface area contributed by atoms with Crippen LogP contribution in [0.1, 0.15) is 44.5 Å². The van der Waals surface area contributed by atoms with E-state index < -0.39 is 0 Å². The standard InChI is InChI=1S/C19H26N4OS/c1-3-14(2)20-18(24)16-10-7-11-23(13-16)19-21-17(22-25-19)12-15-8-5-4-6-9-15/h4-6,8-9,14,16H,3,7,10-13H2,1-2H3,(H,20,24)/t14-,16+/m0/s1. The van der Waals surface area contributed by atoms with E-state index in [0.717, 1.165) is 49.7 Å². The Hall–Kier alpha value is -1.95. The lowest BCUT2D eigenvalue weighted by atomic mass is 9.97. The molecule has 0 aliphatic carbocycles. The predicted octanol–water partition coefficient (Wildman–Crippen LogP) is 3.26. The molecular formula is C19H26N4OS. The largest absolute Gasteiger partial charge is 0.353 e. The maximum atomic E-state index is 12.4. The summed E-state index contributed by atoms with van der Waals surface area (Å²) in [5.74, 6) is 1.08. The molecule has 1 N–H and O–H groups in total. The second-order valence-corrected chi connectivity index (χ2v) is 7.49. The highest BCUT2D eigenvalue weighted by Crippen LogP contribution is 2.25. The smallest absolute Gasteiger partial charge is 0.225 e.